The minimum atomic E-state index is -0.920. The van der Waals surface area contributed by atoms with Crippen LogP contribution in [0.2, 0.25) is 5.02 Å². The van der Waals surface area contributed by atoms with E-state index < -0.39 is 11.9 Å². The number of hydrogen-bond acceptors (Lipinski definition) is 3. The van der Waals surface area contributed by atoms with Gasteiger partial charge in [-0.3, -0.25) is 4.79 Å². The molecule has 122 valence electrons. The smallest absolute Gasteiger partial charge is 0.230 e. The molecule has 0 aliphatic heterocycles. The second kappa shape index (κ2) is 8.91. The second-order valence-corrected chi connectivity index (χ2v) is 6.42. The van der Waals surface area contributed by atoms with Gasteiger partial charge in [0, 0.05) is 17.3 Å². The number of aliphatic hydroxyl groups is 1. The van der Waals surface area contributed by atoms with Gasteiger partial charge in [0.25, 0.3) is 0 Å². The number of carbonyl (C=O) groups excluding carboxylic acids is 1. The average Bonchev–Trinajstić information content (AvgIpc) is 2.54. The molecular formula is C17H17ClFNO2S. The van der Waals surface area contributed by atoms with Crippen molar-refractivity contribution in [2.45, 2.75) is 11.9 Å². The first kappa shape index (κ1) is 17.8. The van der Waals surface area contributed by atoms with Crippen LogP contribution >= 0.6 is 23.4 Å². The van der Waals surface area contributed by atoms with Gasteiger partial charge in [0.15, 0.2) is 0 Å². The van der Waals surface area contributed by atoms with Crippen molar-refractivity contribution in [3.63, 3.8) is 0 Å². The summed E-state index contributed by atoms with van der Waals surface area (Å²) in [5.74, 6) is 0.418. The molecule has 0 heterocycles. The molecule has 6 heteroatoms. The second-order valence-electron chi connectivity index (χ2n) is 4.99. The fourth-order valence-corrected chi connectivity index (χ4v) is 2.88. The van der Waals surface area contributed by atoms with Gasteiger partial charge in [0.2, 0.25) is 5.91 Å². The molecule has 23 heavy (non-hydrogen) atoms. The number of benzene rings is 2. The fraction of sp³-hybridized carbons (Fsp3) is 0.235. The van der Waals surface area contributed by atoms with Crippen molar-refractivity contribution >= 4 is 29.3 Å². The van der Waals surface area contributed by atoms with E-state index in [1.165, 1.54) is 30.0 Å². The molecule has 0 saturated heterocycles. The van der Waals surface area contributed by atoms with Gasteiger partial charge in [-0.2, -0.15) is 0 Å². The zero-order valence-corrected chi connectivity index (χ0v) is 13.9. The lowest BCUT2D eigenvalue weighted by Crippen LogP contribution is -2.29. The Labute approximate surface area is 143 Å². The molecule has 0 spiro atoms. The van der Waals surface area contributed by atoms with Crippen LogP contribution in [-0.2, 0) is 10.5 Å². The van der Waals surface area contributed by atoms with E-state index in [1.807, 2.05) is 24.3 Å². The monoisotopic (exact) mass is 353 g/mol. The maximum atomic E-state index is 13.1. The Bertz CT molecular complexity index is 651. The Morgan fingerprint density at radius 2 is 2.00 bits per heavy atom. The van der Waals surface area contributed by atoms with Gasteiger partial charge in [-0.1, -0.05) is 35.9 Å². The standard InChI is InChI=1S/C17H17ClFNO2S/c18-14-6-4-12(5-7-14)10-23-11-17(22)20-9-16(21)13-2-1-3-15(19)8-13/h1-8,16,21H,9-11H2,(H,20,22). The van der Waals surface area contributed by atoms with E-state index in [0.717, 1.165) is 5.56 Å². The number of rotatable bonds is 7. The minimum absolute atomic E-state index is 0.0593. The summed E-state index contributed by atoms with van der Waals surface area (Å²) in [7, 11) is 0. The highest BCUT2D eigenvalue weighted by Gasteiger charge is 2.10. The molecule has 2 aromatic carbocycles. The van der Waals surface area contributed by atoms with Crippen LogP contribution in [0.1, 0.15) is 17.2 Å². The molecular weight excluding hydrogens is 337 g/mol. The van der Waals surface area contributed by atoms with Gasteiger partial charge in [0.1, 0.15) is 5.82 Å². The number of halogens is 2. The maximum Gasteiger partial charge on any atom is 0.230 e. The Kier molecular flexibility index (Phi) is 6.89. The lowest BCUT2D eigenvalue weighted by molar-refractivity contribution is -0.119. The van der Waals surface area contributed by atoms with Crippen LogP contribution in [0.3, 0.4) is 0 Å². The molecule has 0 radical (unpaired) electrons. The van der Waals surface area contributed by atoms with Crippen molar-refractivity contribution < 1.29 is 14.3 Å². The van der Waals surface area contributed by atoms with Gasteiger partial charge in [-0.15, -0.1) is 11.8 Å². The Balaban J connectivity index is 1.69. The third kappa shape index (κ3) is 6.22. The van der Waals surface area contributed by atoms with Crippen molar-refractivity contribution in [2.75, 3.05) is 12.3 Å². The molecule has 2 aromatic rings. The summed E-state index contributed by atoms with van der Waals surface area (Å²) in [5.41, 5.74) is 1.53. The Morgan fingerprint density at radius 1 is 1.26 bits per heavy atom. The van der Waals surface area contributed by atoms with Crippen molar-refractivity contribution in [1.82, 2.24) is 5.32 Å². The number of hydrogen-bond donors (Lipinski definition) is 2. The highest BCUT2D eigenvalue weighted by Crippen LogP contribution is 2.16. The molecule has 0 aliphatic carbocycles. The highest BCUT2D eigenvalue weighted by atomic mass is 35.5. The van der Waals surface area contributed by atoms with Crippen molar-refractivity contribution in [1.29, 1.82) is 0 Å². The Morgan fingerprint density at radius 3 is 2.70 bits per heavy atom. The summed E-state index contributed by atoms with van der Waals surface area (Å²) in [6, 6.07) is 13.2. The molecule has 1 unspecified atom stereocenters. The summed E-state index contributed by atoms with van der Waals surface area (Å²) in [6.07, 6.45) is -0.920. The molecule has 0 bridgehead atoms. The topological polar surface area (TPSA) is 49.3 Å². The first-order valence-electron chi connectivity index (χ1n) is 7.07. The van der Waals surface area contributed by atoms with Gasteiger partial charge in [-0.25, -0.2) is 4.39 Å². The zero-order valence-electron chi connectivity index (χ0n) is 12.3. The van der Waals surface area contributed by atoms with Crippen LogP contribution in [0, 0.1) is 5.82 Å². The first-order chi connectivity index (χ1) is 11.0. The molecule has 0 aliphatic rings. The van der Waals surface area contributed by atoms with Crippen LogP contribution < -0.4 is 5.32 Å². The van der Waals surface area contributed by atoms with E-state index in [1.54, 1.807) is 6.07 Å². The SMILES string of the molecule is O=C(CSCc1ccc(Cl)cc1)NCC(O)c1cccc(F)c1. The van der Waals surface area contributed by atoms with E-state index in [4.69, 9.17) is 11.6 Å². The zero-order chi connectivity index (χ0) is 16.7. The molecule has 2 rings (SSSR count). The van der Waals surface area contributed by atoms with Crippen molar-refractivity contribution in [2.24, 2.45) is 0 Å². The quantitative estimate of drug-likeness (QED) is 0.800. The van der Waals surface area contributed by atoms with E-state index in [0.29, 0.717) is 22.1 Å². The minimum Gasteiger partial charge on any atom is -0.387 e. The van der Waals surface area contributed by atoms with Crippen LogP contribution in [0.25, 0.3) is 0 Å². The van der Waals surface area contributed by atoms with Crippen molar-refractivity contribution in [3.05, 3.63) is 70.5 Å². The number of thioether (sulfide) groups is 1. The van der Waals surface area contributed by atoms with Gasteiger partial charge < -0.3 is 10.4 Å². The average molecular weight is 354 g/mol. The molecule has 1 amide bonds. The largest absolute Gasteiger partial charge is 0.387 e. The number of carbonyl (C=O) groups is 1. The predicted molar refractivity (Wildman–Crippen MR) is 92.0 cm³/mol. The third-order valence-electron chi connectivity index (χ3n) is 3.14. The number of amides is 1. The molecule has 0 saturated carbocycles. The van der Waals surface area contributed by atoms with Gasteiger partial charge in [0.05, 0.1) is 11.9 Å². The molecule has 3 nitrogen and oxygen atoms in total. The molecule has 1 atom stereocenters. The fourth-order valence-electron chi connectivity index (χ4n) is 1.94. The van der Waals surface area contributed by atoms with E-state index in [2.05, 4.69) is 5.32 Å². The molecule has 0 aromatic heterocycles. The molecule has 0 fully saturated rings. The van der Waals surface area contributed by atoms with E-state index in [9.17, 15) is 14.3 Å². The maximum absolute atomic E-state index is 13.1. The third-order valence-corrected chi connectivity index (χ3v) is 4.40. The van der Waals surface area contributed by atoms with Crippen LogP contribution in [-0.4, -0.2) is 23.3 Å². The predicted octanol–water partition coefficient (Wildman–Crippen LogP) is 3.56. The van der Waals surface area contributed by atoms with Crippen LogP contribution in [0.5, 0.6) is 0 Å². The lowest BCUT2D eigenvalue weighted by Gasteiger charge is -2.12. The lowest BCUT2D eigenvalue weighted by atomic mass is 10.1. The summed E-state index contributed by atoms with van der Waals surface area (Å²) < 4.78 is 13.1. The first-order valence-corrected chi connectivity index (χ1v) is 8.60. The van der Waals surface area contributed by atoms with Gasteiger partial charge in [-0.05, 0) is 35.4 Å². The normalized spacial score (nSPS) is 12.0. The highest BCUT2D eigenvalue weighted by molar-refractivity contribution is 7.99. The van der Waals surface area contributed by atoms with Crippen LogP contribution in [0.4, 0.5) is 4.39 Å². The van der Waals surface area contributed by atoms with E-state index in [-0.39, 0.29) is 12.5 Å². The summed E-state index contributed by atoms with van der Waals surface area (Å²) >= 11 is 7.28. The summed E-state index contributed by atoms with van der Waals surface area (Å²) in [5, 5.41) is 13.2. The number of nitrogens with one attached hydrogen (secondary N) is 1. The van der Waals surface area contributed by atoms with Crippen molar-refractivity contribution in [3.8, 4) is 0 Å². The summed E-state index contributed by atoms with van der Waals surface area (Å²) in [4.78, 5) is 11.8. The molecule has 2 N–H and O–H groups in total. The Hall–Kier alpha value is -1.56. The van der Waals surface area contributed by atoms with E-state index >= 15 is 0 Å². The summed E-state index contributed by atoms with van der Waals surface area (Å²) in [6.45, 7) is 0.0593. The van der Waals surface area contributed by atoms with Gasteiger partial charge >= 0.3 is 0 Å². The number of aliphatic hydroxyl groups excluding tert-OH is 1. The van der Waals surface area contributed by atoms with Crippen LogP contribution in [0.15, 0.2) is 48.5 Å².